The summed E-state index contributed by atoms with van der Waals surface area (Å²) in [6.07, 6.45) is -24.9. The summed E-state index contributed by atoms with van der Waals surface area (Å²) >= 11 is -1.73. The number of nitrogens with one attached hydrogen (secondary N) is 1. The Balaban J connectivity index is 3.72. The predicted molar refractivity (Wildman–Crippen MR) is 49.3 cm³/mol. The minimum absolute atomic E-state index is 1.73. The summed E-state index contributed by atoms with van der Waals surface area (Å²) in [4.78, 5) is -2.86. The molecule has 0 aromatic rings. The second kappa shape index (κ2) is 4.71. The van der Waals surface area contributed by atoms with E-state index in [9.17, 15) is 52.7 Å². The average Bonchev–Trinajstić information content (AvgIpc) is 2.06. The van der Waals surface area contributed by atoms with Gasteiger partial charge < -0.3 is 0 Å². The first-order chi connectivity index (χ1) is 9.37. The van der Waals surface area contributed by atoms with Crippen molar-refractivity contribution in [2.75, 3.05) is 0 Å². The van der Waals surface area contributed by atoms with Crippen LogP contribution in [-0.2, 0) is 0 Å². The first kappa shape index (κ1) is 19.0. The molecule has 1 unspecified atom stereocenters. The molecule has 1 rings (SSSR count). The van der Waals surface area contributed by atoms with E-state index in [1.807, 2.05) is 0 Å². The molecule has 128 valence electrons. The lowest BCUT2D eigenvalue weighted by molar-refractivity contribution is -0.173. The Morgan fingerprint density at radius 1 is 0.773 bits per heavy atom. The van der Waals surface area contributed by atoms with Crippen LogP contribution in [0.2, 0.25) is 0 Å². The quantitative estimate of drug-likeness (QED) is 0.509. The maximum absolute atomic E-state index is 12.7. The van der Waals surface area contributed by atoms with E-state index in [2.05, 4.69) is 0 Å². The van der Waals surface area contributed by atoms with Crippen molar-refractivity contribution in [2.45, 2.75) is 29.5 Å². The minimum Gasteiger partial charge on any atom is -0.299 e. The van der Waals surface area contributed by atoms with Crippen LogP contribution in [0, 0.1) is 5.41 Å². The molecule has 0 saturated carbocycles. The van der Waals surface area contributed by atoms with Gasteiger partial charge >= 0.3 is 24.7 Å². The van der Waals surface area contributed by atoms with Crippen molar-refractivity contribution < 1.29 is 52.7 Å². The third-order valence-corrected chi connectivity index (χ3v) is 4.00. The normalized spacial score (nSPS) is 24.4. The van der Waals surface area contributed by atoms with Gasteiger partial charge in [-0.25, -0.2) is 0 Å². The summed E-state index contributed by atoms with van der Waals surface area (Å²) in [5.41, 5.74) is -6.95. The highest BCUT2D eigenvalue weighted by Gasteiger charge is 2.78. The van der Waals surface area contributed by atoms with E-state index in [4.69, 9.17) is 5.41 Å². The number of allylic oxidation sites excluding steroid dienone is 1. The maximum atomic E-state index is 12.7. The topological polar surface area (TPSA) is 23.9 Å². The van der Waals surface area contributed by atoms with Crippen molar-refractivity contribution in [3.8, 4) is 0 Å². The monoisotopic (exact) mass is 371 g/mol. The SMILES string of the molecule is N=C(C(F)(F)F)C1(C(F)(F)F)SC(C(F)(F)F)=C1C(F)(F)F. The number of alkyl halides is 12. The molecule has 0 aliphatic carbocycles. The van der Waals surface area contributed by atoms with Crippen LogP contribution in [-0.4, -0.2) is 35.2 Å². The van der Waals surface area contributed by atoms with Crippen LogP contribution in [0.4, 0.5) is 52.7 Å². The lowest BCUT2D eigenvalue weighted by atomic mass is 9.88. The Morgan fingerprint density at radius 3 is 1.41 bits per heavy atom. The smallest absolute Gasteiger partial charge is 0.299 e. The molecule has 22 heavy (non-hydrogen) atoms. The van der Waals surface area contributed by atoms with Crippen molar-refractivity contribution in [2.24, 2.45) is 0 Å². The van der Waals surface area contributed by atoms with Crippen LogP contribution in [0.5, 0.6) is 0 Å². The number of thioether (sulfide) groups is 1. The van der Waals surface area contributed by atoms with E-state index in [0.29, 0.717) is 0 Å². The lowest BCUT2D eigenvalue weighted by Gasteiger charge is -2.46. The van der Waals surface area contributed by atoms with Crippen molar-refractivity contribution in [1.29, 1.82) is 5.41 Å². The van der Waals surface area contributed by atoms with E-state index in [1.54, 1.807) is 0 Å². The molecule has 0 radical (unpaired) electrons. The molecule has 0 aromatic carbocycles. The zero-order valence-electron chi connectivity index (χ0n) is 9.44. The van der Waals surface area contributed by atoms with E-state index in [1.165, 1.54) is 0 Å². The molecule has 0 spiro atoms. The fourth-order valence-corrected chi connectivity index (χ4v) is 2.91. The molecular weight excluding hydrogens is 370 g/mol. The third kappa shape index (κ3) is 2.76. The Hall–Kier alpha value is -1.08. The zero-order valence-corrected chi connectivity index (χ0v) is 10.3. The van der Waals surface area contributed by atoms with Gasteiger partial charge in [0.1, 0.15) is 10.6 Å². The Kier molecular flexibility index (Phi) is 4.06. The molecular formula is C8HF12NS. The van der Waals surface area contributed by atoms with Gasteiger partial charge in [-0.15, -0.1) is 0 Å². The standard InChI is InChI=1S/C8HF12NS/c9-5(10,11)1-2(6(12,13)14)22-4(1,8(18,19)20)3(21)7(15,16)17/h21H. The van der Waals surface area contributed by atoms with Gasteiger partial charge in [0.05, 0.1) is 5.57 Å². The van der Waals surface area contributed by atoms with Gasteiger partial charge in [-0.2, -0.15) is 52.7 Å². The maximum Gasteiger partial charge on any atom is 0.430 e. The van der Waals surface area contributed by atoms with Gasteiger partial charge in [-0.05, 0) is 0 Å². The van der Waals surface area contributed by atoms with Gasteiger partial charge in [0.25, 0.3) is 0 Å². The van der Waals surface area contributed by atoms with Crippen LogP contribution in [0.15, 0.2) is 10.5 Å². The molecule has 1 atom stereocenters. The molecule has 0 amide bonds. The molecule has 0 aromatic heterocycles. The Morgan fingerprint density at radius 2 is 1.18 bits per heavy atom. The van der Waals surface area contributed by atoms with Crippen LogP contribution in [0.25, 0.3) is 0 Å². The summed E-state index contributed by atoms with van der Waals surface area (Å²) in [6, 6.07) is 0. The highest BCUT2D eigenvalue weighted by Crippen LogP contribution is 2.68. The van der Waals surface area contributed by atoms with Gasteiger partial charge in [0.15, 0.2) is 4.75 Å². The van der Waals surface area contributed by atoms with Gasteiger partial charge in [-0.3, -0.25) is 5.41 Å². The Bertz CT molecular complexity index is 517. The van der Waals surface area contributed by atoms with Crippen LogP contribution >= 0.6 is 11.8 Å². The van der Waals surface area contributed by atoms with E-state index >= 15 is 0 Å². The molecule has 1 N–H and O–H groups in total. The lowest BCUT2D eigenvalue weighted by Crippen LogP contribution is -2.63. The molecule has 1 aliphatic heterocycles. The summed E-state index contributed by atoms with van der Waals surface area (Å²) < 4.78 is 144. The van der Waals surface area contributed by atoms with E-state index in [-0.39, 0.29) is 0 Å². The van der Waals surface area contributed by atoms with Gasteiger partial charge in [0.2, 0.25) is 0 Å². The molecule has 1 heterocycles. The van der Waals surface area contributed by atoms with E-state index in [0.717, 1.165) is 0 Å². The molecule has 0 fully saturated rings. The number of hydrogen-bond donors (Lipinski definition) is 1. The van der Waals surface area contributed by atoms with Crippen molar-refractivity contribution in [3.63, 3.8) is 0 Å². The largest absolute Gasteiger partial charge is 0.430 e. The average molecular weight is 371 g/mol. The molecule has 0 saturated heterocycles. The zero-order chi connectivity index (χ0) is 17.9. The first-order valence-electron chi connectivity index (χ1n) is 4.68. The van der Waals surface area contributed by atoms with Crippen LogP contribution in [0.1, 0.15) is 0 Å². The summed E-state index contributed by atoms with van der Waals surface area (Å²) in [7, 11) is 0. The fourth-order valence-electron chi connectivity index (χ4n) is 1.61. The second-order valence-corrected chi connectivity index (χ2v) is 5.08. The molecule has 1 aliphatic rings. The van der Waals surface area contributed by atoms with Gasteiger partial charge in [0, 0.05) is 0 Å². The number of hydrogen-bond acceptors (Lipinski definition) is 2. The summed E-state index contributed by atoms with van der Waals surface area (Å²) in [6.45, 7) is 0. The van der Waals surface area contributed by atoms with Gasteiger partial charge in [-0.1, -0.05) is 11.8 Å². The number of rotatable bonds is 1. The Labute approximate surface area is 116 Å². The van der Waals surface area contributed by atoms with Crippen molar-refractivity contribution >= 4 is 17.5 Å². The van der Waals surface area contributed by atoms with Crippen LogP contribution < -0.4 is 0 Å². The number of halogens is 12. The van der Waals surface area contributed by atoms with Crippen molar-refractivity contribution in [1.82, 2.24) is 0 Å². The van der Waals surface area contributed by atoms with Crippen LogP contribution in [0.3, 0.4) is 0 Å². The second-order valence-electron chi connectivity index (χ2n) is 3.85. The van der Waals surface area contributed by atoms with Crippen molar-refractivity contribution in [3.05, 3.63) is 10.5 Å². The first-order valence-corrected chi connectivity index (χ1v) is 5.49. The highest BCUT2D eigenvalue weighted by molar-refractivity contribution is 8.07. The summed E-state index contributed by atoms with van der Waals surface area (Å²) in [5, 5.41) is 6.34. The highest BCUT2D eigenvalue weighted by atomic mass is 32.2. The molecule has 1 nitrogen and oxygen atoms in total. The predicted octanol–water partition coefficient (Wildman–Crippen LogP) is 5.00. The third-order valence-electron chi connectivity index (χ3n) is 2.41. The molecule has 14 heteroatoms. The minimum atomic E-state index is -6.41. The fraction of sp³-hybridized carbons (Fsp3) is 0.625. The summed E-state index contributed by atoms with van der Waals surface area (Å²) in [5.74, 6) is 0. The van der Waals surface area contributed by atoms with E-state index < -0.39 is 57.4 Å². The molecule has 0 bridgehead atoms.